The molecule has 7 nitrogen and oxygen atoms in total. The number of phenolic OH excluding ortho intramolecular Hbond substituents is 2. The zero-order valence-electron chi connectivity index (χ0n) is 27.7. The number of amides is 1. The van der Waals surface area contributed by atoms with Crippen molar-refractivity contribution in [1.82, 2.24) is 5.32 Å². The second-order valence-corrected chi connectivity index (χ2v) is 16.6. The molecule has 1 amide bonds. The molecular weight excluding hydrogens is 574 g/mol. The number of methoxy groups -OCH3 is 1. The normalized spacial score (nSPS) is 38.1. The van der Waals surface area contributed by atoms with E-state index >= 15 is 0 Å². The second kappa shape index (κ2) is 10.7. The molecule has 8 heteroatoms. The number of hydrogen-bond acceptors (Lipinski definition) is 7. The fraction of sp³-hybridized carbons (Fsp3) is 0.667. The van der Waals surface area contributed by atoms with E-state index in [1.807, 2.05) is 6.92 Å². The van der Waals surface area contributed by atoms with Gasteiger partial charge >= 0.3 is 5.97 Å². The maximum Gasteiger partial charge on any atom is 0.329 e. The Morgan fingerprint density at radius 1 is 1.09 bits per heavy atom. The highest BCUT2D eigenvalue weighted by Crippen LogP contribution is 2.75. The van der Waals surface area contributed by atoms with Gasteiger partial charge in [-0.1, -0.05) is 52.8 Å². The van der Waals surface area contributed by atoms with Crippen LogP contribution in [0.3, 0.4) is 0 Å². The summed E-state index contributed by atoms with van der Waals surface area (Å²) in [5, 5.41) is 35.0. The first-order valence-electron chi connectivity index (χ1n) is 16.0. The van der Waals surface area contributed by atoms with Gasteiger partial charge in [-0.25, -0.2) is 4.79 Å². The van der Waals surface area contributed by atoms with E-state index in [1.54, 1.807) is 17.8 Å². The van der Waals surface area contributed by atoms with Gasteiger partial charge < -0.3 is 25.4 Å². The van der Waals surface area contributed by atoms with Crippen LogP contribution in [0, 0.1) is 34.5 Å². The summed E-state index contributed by atoms with van der Waals surface area (Å²) in [5.74, 6) is -0.0497. The molecule has 44 heavy (non-hydrogen) atoms. The number of aliphatic hydroxyl groups is 1. The van der Waals surface area contributed by atoms with Crippen molar-refractivity contribution >= 4 is 23.6 Å². The third-order valence-electron chi connectivity index (χ3n) is 13.1. The Morgan fingerprint density at radius 2 is 1.75 bits per heavy atom. The van der Waals surface area contributed by atoms with Crippen LogP contribution < -0.4 is 5.32 Å². The number of allylic oxidation sites excluding steroid dienone is 2. The lowest BCUT2D eigenvalue weighted by atomic mass is 9.34. The first-order valence-corrected chi connectivity index (χ1v) is 17.1. The topological polar surface area (TPSA) is 116 Å². The van der Waals surface area contributed by atoms with Crippen LogP contribution in [0.4, 0.5) is 0 Å². The Hall–Kier alpha value is -2.61. The number of hydrogen-bond donors (Lipinski definition) is 4. The van der Waals surface area contributed by atoms with Crippen molar-refractivity contribution < 1.29 is 29.6 Å². The Labute approximate surface area is 266 Å². The number of aromatic hydroxyl groups is 2. The van der Waals surface area contributed by atoms with Crippen LogP contribution in [0.25, 0.3) is 0 Å². The summed E-state index contributed by atoms with van der Waals surface area (Å²) in [5.41, 5.74) is 3.35. The Balaban J connectivity index is 1.64. The molecule has 0 bridgehead atoms. The SMILES string of the molecule is C=C(O)[C@]1(C)CC[C@]2(C)CC[C@]3(C)C4=CC(SC[C@H](NC(C)=O)C(=O)OC)c5c(cc(O)c(O)c5C)[C@]4(C)CC[C@@]3(C)[C@@H]2C1. The molecule has 8 atom stereocenters. The number of aliphatic hydroxyl groups excluding tert-OH is 1. The number of benzene rings is 1. The monoisotopic (exact) mass is 625 g/mol. The van der Waals surface area contributed by atoms with E-state index in [2.05, 4.69) is 52.6 Å². The van der Waals surface area contributed by atoms with Crippen LogP contribution in [-0.2, 0) is 19.7 Å². The van der Waals surface area contributed by atoms with E-state index in [0.717, 1.165) is 56.1 Å². The maximum atomic E-state index is 12.6. The number of thioether (sulfide) groups is 1. The fourth-order valence-corrected chi connectivity index (χ4v) is 11.2. The minimum atomic E-state index is -0.808. The number of rotatable bonds is 6. The van der Waals surface area contributed by atoms with Crippen molar-refractivity contribution in [3.8, 4) is 11.5 Å². The predicted octanol–water partition coefficient (Wildman–Crippen LogP) is 7.54. The third-order valence-corrected chi connectivity index (χ3v) is 14.3. The number of esters is 1. The fourth-order valence-electron chi connectivity index (χ4n) is 9.84. The predicted molar refractivity (Wildman–Crippen MR) is 175 cm³/mol. The van der Waals surface area contributed by atoms with Crippen molar-refractivity contribution in [2.75, 3.05) is 12.9 Å². The molecule has 0 heterocycles. The molecule has 1 aromatic rings. The lowest BCUT2D eigenvalue weighted by Crippen LogP contribution is -2.62. The van der Waals surface area contributed by atoms with Crippen LogP contribution in [0.2, 0.25) is 0 Å². The molecule has 4 N–H and O–H groups in total. The van der Waals surface area contributed by atoms with Crippen LogP contribution >= 0.6 is 11.8 Å². The first kappa shape index (κ1) is 32.8. The van der Waals surface area contributed by atoms with Gasteiger partial charge in [-0.2, -0.15) is 0 Å². The van der Waals surface area contributed by atoms with Crippen molar-refractivity contribution in [3.05, 3.63) is 46.7 Å². The van der Waals surface area contributed by atoms with Gasteiger partial charge in [-0.05, 0) is 96.8 Å². The highest BCUT2D eigenvalue weighted by atomic mass is 32.2. The van der Waals surface area contributed by atoms with Gasteiger partial charge in [0.2, 0.25) is 5.91 Å². The zero-order valence-corrected chi connectivity index (χ0v) is 28.5. The van der Waals surface area contributed by atoms with Gasteiger partial charge in [0.25, 0.3) is 0 Å². The van der Waals surface area contributed by atoms with Gasteiger partial charge in [0.15, 0.2) is 11.5 Å². The lowest BCUT2D eigenvalue weighted by Gasteiger charge is -2.70. The van der Waals surface area contributed by atoms with E-state index < -0.39 is 12.0 Å². The number of ether oxygens (including phenoxy) is 1. The van der Waals surface area contributed by atoms with E-state index in [4.69, 9.17) is 4.74 Å². The number of nitrogens with one attached hydrogen (secondary N) is 1. The average molecular weight is 626 g/mol. The Kier molecular flexibility index (Phi) is 8.00. The zero-order chi connectivity index (χ0) is 32.6. The third kappa shape index (κ3) is 4.68. The number of fused-ring (bicyclic) bond motifs is 7. The largest absolute Gasteiger partial charge is 0.512 e. The maximum absolute atomic E-state index is 12.6. The summed E-state index contributed by atoms with van der Waals surface area (Å²) in [6, 6.07) is 0.953. The molecule has 0 aliphatic heterocycles. The lowest BCUT2D eigenvalue weighted by molar-refractivity contribution is -0.157. The number of carbonyl (C=O) groups is 2. The van der Waals surface area contributed by atoms with Gasteiger partial charge in [0, 0.05) is 28.8 Å². The van der Waals surface area contributed by atoms with E-state index in [1.165, 1.54) is 19.6 Å². The van der Waals surface area contributed by atoms with Crippen LogP contribution in [-0.4, -0.2) is 46.1 Å². The molecule has 5 rings (SSSR count). The van der Waals surface area contributed by atoms with Gasteiger partial charge in [0.1, 0.15) is 6.04 Å². The smallest absolute Gasteiger partial charge is 0.329 e. The summed E-state index contributed by atoms with van der Waals surface area (Å²) in [7, 11) is 1.32. The van der Waals surface area contributed by atoms with Crippen molar-refractivity contribution in [2.24, 2.45) is 27.6 Å². The molecule has 242 valence electrons. The quantitative estimate of drug-likeness (QED) is 0.112. The molecule has 0 aromatic heterocycles. The van der Waals surface area contributed by atoms with Gasteiger partial charge in [-0.3, -0.25) is 4.79 Å². The number of carbonyl (C=O) groups excluding carboxylic acids is 2. The van der Waals surface area contributed by atoms with Crippen molar-refractivity contribution in [1.29, 1.82) is 0 Å². The molecule has 4 aliphatic carbocycles. The van der Waals surface area contributed by atoms with E-state index in [9.17, 15) is 24.9 Å². The molecule has 0 radical (unpaired) electrons. The minimum absolute atomic E-state index is 0.0338. The van der Waals surface area contributed by atoms with Crippen molar-refractivity contribution in [3.63, 3.8) is 0 Å². The molecule has 0 spiro atoms. The molecule has 4 aliphatic rings. The van der Waals surface area contributed by atoms with E-state index in [-0.39, 0.29) is 49.7 Å². The van der Waals surface area contributed by atoms with Gasteiger partial charge in [0.05, 0.1) is 12.9 Å². The van der Waals surface area contributed by atoms with E-state index in [0.29, 0.717) is 23.0 Å². The minimum Gasteiger partial charge on any atom is -0.512 e. The molecule has 3 fully saturated rings. The summed E-state index contributed by atoms with van der Waals surface area (Å²) in [4.78, 5) is 24.5. The summed E-state index contributed by atoms with van der Waals surface area (Å²) in [6.45, 7) is 19.1. The Morgan fingerprint density at radius 3 is 2.36 bits per heavy atom. The van der Waals surface area contributed by atoms with Crippen LogP contribution in [0.1, 0.15) is 108 Å². The average Bonchev–Trinajstić information content (AvgIpc) is 2.96. The molecule has 3 saturated carbocycles. The molecular formula is C36H51NO6S. The molecule has 1 unspecified atom stereocenters. The second-order valence-electron chi connectivity index (χ2n) is 15.4. The summed E-state index contributed by atoms with van der Waals surface area (Å²) < 4.78 is 5.00. The van der Waals surface area contributed by atoms with Crippen LogP contribution in [0.15, 0.2) is 30.1 Å². The highest BCUT2D eigenvalue weighted by molar-refractivity contribution is 7.99. The summed E-state index contributed by atoms with van der Waals surface area (Å²) in [6.07, 6.45) is 9.37. The Bertz CT molecular complexity index is 1440. The molecule has 0 saturated heterocycles. The van der Waals surface area contributed by atoms with Gasteiger partial charge in [-0.15, -0.1) is 11.8 Å². The standard InChI is InChI=1S/C36H51NO6S/c1-20-29-23(16-25(40)30(20)41)34(6)13-15-36(8)28-18-33(5,21(2)38)11-10-32(28,4)12-14-35(36,7)27(34)17-26(29)44-19-24(31(42)43-9)37-22(3)39/h16-17,24,26,28,38,40-41H,2,10-15,18-19H2,1,3-9H3,(H,37,39)/t24-,26?,28+,32+,33+,34-,35+,36-/m0/s1. The highest BCUT2D eigenvalue weighted by Gasteiger charge is 2.67. The van der Waals surface area contributed by atoms with Crippen LogP contribution in [0.5, 0.6) is 11.5 Å². The van der Waals surface area contributed by atoms with Crippen molar-refractivity contribution in [2.45, 2.75) is 110 Å². The number of phenols is 2. The first-order chi connectivity index (χ1) is 20.4. The summed E-state index contributed by atoms with van der Waals surface area (Å²) >= 11 is 1.55. The molecule has 1 aromatic carbocycles.